The molecule has 3 nitrogen and oxygen atoms in total. The summed E-state index contributed by atoms with van der Waals surface area (Å²) in [5, 5.41) is 6.05. The monoisotopic (exact) mass is 258 g/mol. The number of carbonyl (C=O) groups excluding carboxylic acids is 1. The van der Waals surface area contributed by atoms with Crippen molar-refractivity contribution in [2.24, 2.45) is 0 Å². The zero-order chi connectivity index (χ0) is 13.1. The van der Waals surface area contributed by atoms with Crippen molar-refractivity contribution in [1.29, 1.82) is 0 Å². The Kier molecular flexibility index (Phi) is 3.72. The molecule has 1 aromatic rings. The molecule has 2 aliphatic carbocycles. The number of anilines is 1. The van der Waals surface area contributed by atoms with Crippen LogP contribution in [0.2, 0.25) is 0 Å². The summed E-state index contributed by atoms with van der Waals surface area (Å²) in [5.41, 5.74) is 3.77. The van der Waals surface area contributed by atoms with E-state index < -0.39 is 0 Å². The minimum absolute atomic E-state index is 0.0511. The van der Waals surface area contributed by atoms with Gasteiger partial charge in [0, 0.05) is 11.7 Å². The fourth-order valence-corrected chi connectivity index (χ4v) is 3.25. The van der Waals surface area contributed by atoms with E-state index in [4.69, 9.17) is 0 Å². The zero-order valence-electron chi connectivity index (χ0n) is 11.4. The highest BCUT2D eigenvalue weighted by molar-refractivity contribution is 5.89. The van der Waals surface area contributed by atoms with E-state index in [0.29, 0.717) is 6.04 Å². The summed E-state index contributed by atoms with van der Waals surface area (Å²) in [4.78, 5) is 12.0. The summed E-state index contributed by atoms with van der Waals surface area (Å²) in [7, 11) is 0. The van der Waals surface area contributed by atoms with Gasteiger partial charge in [-0.15, -0.1) is 0 Å². The van der Waals surface area contributed by atoms with Crippen molar-refractivity contribution >= 4 is 11.7 Å². The average molecular weight is 258 g/mol. The number of urea groups is 1. The maximum atomic E-state index is 12.0. The van der Waals surface area contributed by atoms with Gasteiger partial charge in [0.15, 0.2) is 0 Å². The summed E-state index contributed by atoms with van der Waals surface area (Å²) in [6, 6.07) is 6.61. The molecule has 0 spiro atoms. The van der Waals surface area contributed by atoms with Crippen LogP contribution >= 0.6 is 0 Å². The van der Waals surface area contributed by atoms with Gasteiger partial charge in [-0.1, -0.05) is 25.3 Å². The van der Waals surface area contributed by atoms with E-state index in [0.717, 1.165) is 24.9 Å². The SMILES string of the molecule is O=C(Nc1ccc2c(c1)CCC2)NC1CCCCC1. The van der Waals surface area contributed by atoms with E-state index in [1.807, 2.05) is 6.07 Å². The van der Waals surface area contributed by atoms with Crippen LogP contribution in [0.3, 0.4) is 0 Å². The van der Waals surface area contributed by atoms with Gasteiger partial charge in [-0.2, -0.15) is 0 Å². The minimum atomic E-state index is -0.0511. The largest absolute Gasteiger partial charge is 0.335 e. The van der Waals surface area contributed by atoms with Crippen LogP contribution in [0.4, 0.5) is 10.5 Å². The minimum Gasteiger partial charge on any atom is -0.335 e. The summed E-state index contributed by atoms with van der Waals surface area (Å²) in [5.74, 6) is 0. The topological polar surface area (TPSA) is 41.1 Å². The van der Waals surface area contributed by atoms with E-state index >= 15 is 0 Å². The molecule has 102 valence electrons. The lowest BCUT2D eigenvalue weighted by molar-refractivity contribution is 0.244. The van der Waals surface area contributed by atoms with Crippen LogP contribution in [0.1, 0.15) is 49.7 Å². The van der Waals surface area contributed by atoms with Crippen LogP contribution in [0, 0.1) is 0 Å². The normalized spacial score (nSPS) is 18.9. The Labute approximate surface area is 114 Å². The van der Waals surface area contributed by atoms with Crippen molar-refractivity contribution in [3.05, 3.63) is 29.3 Å². The Hall–Kier alpha value is -1.51. The molecular formula is C16H22N2O. The molecule has 0 heterocycles. The van der Waals surface area contributed by atoms with Crippen LogP contribution in [0.25, 0.3) is 0 Å². The van der Waals surface area contributed by atoms with Gasteiger partial charge in [-0.3, -0.25) is 0 Å². The molecule has 1 saturated carbocycles. The standard InChI is InChI=1S/C16H22N2O/c19-16(17-14-7-2-1-3-8-14)18-15-10-9-12-5-4-6-13(12)11-15/h9-11,14H,1-8H2,(H2,17,18,19). The first-order chi connectivity index (χ1) is 9.31. The van der Waals surface area contributed by atoms with Crippen molar-refractivity contribution in [3.63, 3.8) is 0 Å². The fourth-order valence-electron chi connectivity index (χ4n) is 3.25. The lowest BCUT2D eigenvalue weighted by atomic mass is 9.96. The number of hydrogen-bond donors (Lipinski definition) is 2. The first-order valence-electron chi connectivity index (χ1n) is 7.50. The molecule has 0 bridgehead atoms. The van der Waals surface area contributed by atoms with Crippen molar-refractivity contribution in [3.8, 4) is 0 Å². The number of hydrogen-bond acceptors (Lipinski definition) is 1. The van der Waals surface area contributed by atoms with E-state index in [9.17, 15) is 4.79 Å². The van der Waals surface area contributed by atoms with Gasteiger partial charge in [-0.25, -0.2) is 4.79 Å². The van der Waals surface area contributed by atoms with Gasteiger partial charge in [-0.05, 0) is 55.4 Å². The molecule has 0 atom stereocenters. The predicted molar refractivity (Wildman–Crippen MR) is 77.5 cm³/mol. The number of amides is 2. The molecule has 2 N–H and O–H groups in total. The molecule has 0 aromatic heterocycles. The highest BCUT2D eigenvalue weighted by Crippen LogP contribution is 2.25. The smallest absolute Gasteiger partial charge is 0.319 e. The molecule has 3 rings (SSSR count). The zero-order valence-corrected chi connectivity index (χ0v) is 11.4. The molecule has 3 heteroatoms. The Morgan fingerprint density at radius 2 is 1.79 bits per heavy atom. The van der Waals surface area contributed by atoms with Crippen LogP contribution in [-0.4, -0.2) is 12.1 Å². The number of fused-ring (bicyclic) bond motifs is 1. The first kappa shape index (κ1) is 12.5. The predicted octanol–water partition coefficient (Wildman–Crippen LogP) is 3.63. The van der Waals surface area contributed by atoms with E-state index in [2.05, 4.69) is 22.8 Å². The van der Waals surface area contributed by atoms with Crippen LogP contribution in [-0.2, 0) is 12.8 Å². The molecule has 2 aliphatic rings. The number of aryl methyl sites for hydroxylation is 2. The van der Waals surface area contributed by atoms with Gasteiger partial charge in [0.1, 0.15) is 0 Å². The molecule has 0 aliphatic heterocycles. The van der Waals surface area contributed by atoms with Crippen molar-refractivity contribution in [1.82, 2.24) is 5.32 Å². The molecule has 19 heavy (non-hydrogen) atoms. The van der Waals surface area contributed by atoms with Crippen LogP contribution < -0.4 is 10.6 Å². The average Bonchev–Trinajstić information content (AvgIpc) is 2.87. The third-order valence-electron chi connectivity index (χ3n) is 4.30. The maximum Gasteiger partial charge on any atom is 0.319 e. The van der Waals surface area contributed by atoms with E-state index in [-0.39, 0.29) is 6.03 Å². The summed E-state index contributed by atoms with van der Waals surface area (Å²) in [6.45, 7) is 0. The maximum absolute atomic E-state index is 12.0. The Morgan fingerprint density at radius 3 is 2.63 bits per heavy atom. The van der Waals surface area contributed by atoms with Crippen LogP contribution in [0.5, 0.6) is 0 Å². The number of rotatable bonds is 2. The molecule has 1 aromatic carbocycles. The highest BCUT2D eigenvalue weighted by Gasteiger charge is 2.16. The molecule has 1 fully saturated rings. The van der Waals surface area contributed by atoms with Gasteiger partial charge >= 0.3 is 6.03 Å². The lowest BCUT2D eigenvalue weighted by Crippen LogP contribution is -2.39. The van der Waals surface area contributed by atoms with E-state index in [1.165, 1.54) is 43.2 Å². The second kappa shape index (κ2) is 5.64. The van der Waals surface area contributed by atoms with E-state index in [1.54, 1.807) is 0 Å². The second-order valence-corrected chi connectivity index (χ2v) is 5.77. The molecule has 0 unspecified atom stereocenters. The molecule has 0 saturated heterocycles. The van der Waals surface area contributed by atoms with Gasteiger partial charge < -0.3 is 10.6 Å². The quantitative estimate of drug-likeness (QED) is 0.835. The van der Waals surface area contributed by atoms with Gasteiger partial charge in [0.2, 0.25) is 0 Å². The second-order valence-electron chi connectivity index (χ2n) is 5.77. The van der Waals surface area contributed by atoms with Crippen molar-refractivity contribution in [2.75, 3.05) is 5.32 Å². The molecular weight excluding hydrogens is 236 g/mol. The van der Waals surface area contributed by atoms with Gasteiger partial charge in [0.05, 0.1) is 0 Å². The lowest BCUT2D eigenvalue weighted by Gasteiger charge is -2.22. The number of carbonyl (C=O) groups is 1. The van der Waals surface area contributed by atoms with Crippen molar-refractivity contribution in [2.45, 2.75) is 57.4 Å². The van der Waals surface area contributed by atoms with Gasteiger partial charge in [0.25, 0.3) is 0 Å². The third kappa shape index (κ3) is 3.09. The Morgan fingerprint density at radius 1 is 1.00 bits per heavy atom. The fraction of sp³-hybridized carbons (Fsp3) is 0.562. The summed E-state index contributed by atoms with van der Waals surface area (Å²) >= 11 is 0. The third-order valence-corrected chi connectivity index (χ3v) is 4.30. The van der Waals surface area contributed by atoms with Crippen LogP contribution in [0.15, 0.2) is 18.2 Å². The van der Waals surface area contributed by atoms with Crippen molar-refractivity contribution < 1.29 is 4.79 Å². The Balaban J connectivity index is 1.56. The molecule has 0 radical (unpaired) electrons. The summed E-state index contributed by atoms with van der Waals surface area (Å²) in [6.07, 6.45) is 9.61. The Bertz CT molecular complexity index is 464. The first-order valence-corrected chi connectivity index (χ1v) is 7.50. The molecule has 2 amide bonds. The highest BCUT2D eigenvalue weighted by atomic mass is 16.2. The number of benzene rings is 1. The summed E-state index contributed by atoms with van der Waals surface area (Å²) < 4.78 is 0. The number of nitrogens with one attached hydrogen (secondary N) is 2.